The van der Waals surface area contributed by atoms with Gasteiger partial charge < -0.3 is 4.74 Å². The average molecular weight is 334 g/mol. The van der Waals surface area contributed by atoms with Crippen LogP contribution >= 0.6 is 0 Å². The molecule has 0 amide bonds. The quantitative estimate of drug-likeness (QED) is 0.916. The maximum Gasteiger partial charge on any atom is 0.160 e. The second-order valence-electron chi connectivity index (χ2n) is 7.81. The lowest BCUT2D eigenvalue weighted by atomic mass is 9.56. The Morgan fingerprint density at radius 1 is 1.20 bits per heavy atom. The number of allylic oxidation sites excluding steroid dienone is 2. The number of ketones is 1. The normalized spacial score (nSPS) is 27.0. The zero-order chi connectivity index (χ0) is 17.1. The molecule has 2 aliphatic carbocycles. The number of aromatic amines is 1. The van der Waals surface area contributed by atoms with Crippen molar-refractivity contribution in [2.45, 2.75) is 38.0 Å². The largest absolute Gasteiger partial charge is 0.380 e. The van der Waals surface area contributed by atoms with Crippen molar-refractivity contribution in [1.82, 2.24) is 10.2 Å². The number of hydrogen-bond donors (Lipinski definition) is 1. The van der Waals surface area contributed by atoms with Crippen molar-refractivity contribution >= 4 is 5.78 Å². The smallest absolute Gasteiger partial charge is 0.160 e. The van der Waals surface area contributed by atoms with Crippen molar-refractivity contribution in [2.24, 2.45) is 5.41 Å². The SMILES string of the molecule is CC[C@]1(c2ccccc2)C2=C(Cc3[nH]ncc31)CC1(COC1)CC2=O. The molecule has 1 saturated heterocycles. The van der Waals surface area contributed by atoms with Gasteiger partial charge in [-0.25, -0.2) is 0 Å². The van der Waals surface area contributed by atoms with E-state index >= 15 is 0 Å². The van der Waals surface area contributed by atoms with E-state index in [2.05, 4.69) is 41.4 Å². The summed E-state index contributed by atoms with van der Waals surface area (Å²) in [6.07, 6.45) is 5.19. The van der Waals surface area contributed by atoms with Crippen LogP contribution in [-0.2, 0) is 21.4 Å². The number of nitrogens with zero attached hydrogens (tertiary/aromatic N) is 1. The zero-order valence-corrected chi connectivity index (χ0v) is 14.5. The molecule has 0 bridgehead atoms. The van der Waals surface area contributed by atoms with E-state index in [4.69, 9.17) is 4.74 Å². The average Bonchev–Trinajstić information content (AvgIpc) is 3.07. The van der Waals surface area contributed by atoms with E-state index in [1.165, 1.54) is 16.7 Å². The summed E-state index contributed by atoms with van der Waals surface area (Å²) in [7, 11) is 0. The number of fused-ring (bicyclic) bond motifs is 1. The van der Waals surface area contributed by atoms with E-state index in [0.717, 1.165) is 43.7 Å². The van der Waals surface area contributed by atoms with E-state index < -0.39 is 0 Å². The first-order chi connectivity index (χ1) is 12.2. The molecule has 1 aliphatic heterocycles. The predicted molar refractivity (Wildman–Crippen MR) is 94.3 cm³/mol. The highest BCUT2D eigenvalue weighted by atomic mass is 16.5. The molecule has 1 atom stereocenters. The van der Waals surface area contributed by atoms with Crippen LogP contribution in [0.15, 0.2) is 47.7 Å². The topological polar surface area (TPSA) is 55.0 Å². The zero-order valence-electron chi connectivity index (χ0n) is 14.5. The summed E-state index contributed by atoms with van der Waals surface area (Å²) in [6.45, 7) is 3.62. The molecule has 5 rings (SSSR count). The first-order valence-electron chi connectivity index (χ1n) is 9.10. The summed E-state index contributed by atoms with van der Waals surface area (Å²) >= 11 is 0. The van der Waals surface area contributed by atoms with Gasteiger partial charge in [-0.2, -0.15) is 5.10 Å². The first-order valence-corrected chi connectivity index (χ1v) is 9.10. The fourth-order valence-corrected chi connectivity index (χ4v) is 5.27. The van der Waals surface area contributed by atoms with Crippen LogP contribution in [0.1, 0.15) is 43.0 Å². The Hall–Kier alpha value is -2.20. The molecule has 0 saturated carbocycles. The third-order valence-electron chi connectivity index (χ3n) is 6.36. The van der Waals surface area contributed by atoms with Gasteiger partial charge in [-0.05, 0) is 18.4 Å². The van der Waals surface area contributed by atoms with Crippen molar-refractivity contribution in [3.8, 4) is 0 Å². The Morgan fingerprint density at radius 3 is 2.68 bits per heavy atom. The fourth-order valence-electron chi connectivity index (χ4n) is 5.27. The summed E-state index contributed by atoms with van der Waals surface area (Å²) in [6, 6.07) is 10.5. The predicted octanol–water partition coefficient (Wildman–Crippen LogP) is 3.34. The molecule has 2 heterocycles. The number of carbonyl (C=O) groups is 1. The van der Waals surface area contributed by atoms with Crippen LogP contribution < -0.4 is 0 Å². The van der Waals surface area contributed by atoms with Crippen molar-refractivity contribution in [3.63, 3.8) is 0 Å². The molecule has 0 unspecified atom stereocenters. The van der Waals surface area contributed by atoms with E-state index in [1.807, 2.05) is 12.3 Å². The Labute approximate surface area is 147 Å². The summed E-state index contributed by atoms with van der Waals surface area (Å²) < 4.78 is 5.47. The first kappa shape index (κ1) is 15.1. The number of H-pyrrole nitrogens is 1. The second kappa shape index (κ2) is 5.15. The molecule has 4 heteroatoms. The summed E-state index contributed by atoms with van der Waals surface area (Å²) in [5, 5.41) is 7.54. The van der Waals surface area contributed by atoms with E-state index in [9.17, 15) is 4.79 Å². The number of nitrogens with one attached hydrogen (secondary N) is 1. The van der Waals surface area contributed by atoms with E-state index in [0.29, 0.717) is 12.2 Å². The monoisotopic (exact) mass is 334 g/mol. The van der Waals surface area contributed by atoms with Crippen LogP contribution in [0.5, 0.6) is 0 Å². The minimum atomic E-state index is -0.375. The molecule has 0 radical (unpaired) electrons. The molecule has 1 N–H and O–H groups in total. The number of carbonyl (C=O) groups excluding carboxylic acids is 1. The highest BCUT2D eigenvalue weighted by molar-refractivity contribution is 6.02. The van der Waals surface area contributed by atoms with Crippen LogP contribution in [0, 0.1) is 5.41 Å². The number of ether oxygens (including phenoxy) is 1. The molecule has 4 nitrogen and oxygen atoms in total. The van der Waals surface area contributed by atoms with Crippen molar-refractivity contribution in [1.29, 1.82) is 0 Å². The van der Waals surface area contributed by atoms with E-state index in [1.54, 1.807) is 0 Å². The lowest BCUT2D eigenvalue weighted by molar-refractivity contribution is -0.142. The highest BCUT2D eigenvalue weighted by Gasteiger charge is 2.53. The van der Waals surface area contributed by atoms with Gasteiger partial charge in [0.25, 0.3) is 0 Å². The second-order valence-corrected chi connectivity index (χ2v) is 7.81. The van der Waals surface area contributed by atoms with Crippen molar-refractivity contribution in [3.05, 3.63) is 64.5 Å². The standard InChI is InChI=1S/C21H22N2O2/c1-2-21(15-6-4-3-5-7-15)16-11-22-23-17(16)8-14-9-20(12-25-13-20)10-18(24)19(14)21/h3-7,11H,2,8-10,12-13H2,1H3,(H,22,23)/t21-/m1/s1. The molecule has 25 heavy (non-hydrogen) atoms. The lowest BCUT2D eigenvalue weighted by Gasteiger charge is -2.49. The van der Waals surface area contributed by atoms with Crippen LogP contribution in [0.3, 0.4) is 0 Å². The third kappa shape index (κ3) is 1.92. The minimum absolute atomic E-state index is 0.0452. The number of Topliss-reactive ketones (excluding diaryl/α,β-unsaturated/α-hetero) is 1. The molecule has 128 valence electrons. The van der Waals surface area contributed by atoms with Gasteiger partial charge in [0.05, 0.1) is 24.8 Å². The number of hydrogen-bond acceptors (Lipinski definition) is 3. The van der Waals surface area contributed by atoms with Crippen LogP contribution in [0.4, 0.5) is 0 Å². The van der Waals surface area contributed by atoms with Gasteiger partial charge in [-0.3, -0.25) is 9.89 Å². The van der Waals surface area contributed by atoms with Crippen LogP contribution in [0.2, 0.25) is 0 Å². The molecule has 1 aromatic heterocycles. The van der Waals surface area contributed by atoms with Gasteiger partial charge in [0, 0.05) is 35.1 Å². The van der Waals surface area contributed by atoms with Crippen molar-refractivity contribution < 1.29 is 9.53 Å². The van der Waals surface area contributed by atoms with Gasteiger partial charge in [-0.1, -0.05) is 42.8 Å². The molecule has 1 fully saturated rings. The third-order valence-corrected chi connectivity index (χ3v) is 6.36. The van der Waals surface area contributed by atoms with Gasteiger partial charge in [0.1, 0.15) is 0 Å². The maximum absolute atomic E-state index is 13.4. The molecular formula is C21H22N2O2. The highest BCUT2D eigenvalue weighted by Crippen LogP contribution is 2.55. The van der Waals surface area contributed by atoms with E-state index in [-0.39, 0.29) is 10.8 Å². The van der Waals surface area contributed by atoms with Crippen LogP contribution in [0.25, 0.3) is 0 Å². The maximum atomic E-state index is 13.4. The van der Waals surface area contributed by atoms with Gasteiger partial charge in [0.2, 0.25) is 0 Å². The van der Waals surface area contributed by atoms with Gasteiger partial charge >= 0.3 is 0 Å². The Morgan fingerprint density at radius 2 is 2.00 bits per heavy atom. The summed E-state index contributed by atoms with van der Waals surface area (Å²) in [4.78, 5) is 13.4. The Kier molecular flexibility index (Phi) is 3.11. The Bertz CT molecular complexity index is 876. The molecule has 1 spiro atoms. The summed E-state index contributed by atoms with van der Waals surface area (Å²) in [5.74, 6) is 0.308. The molecule has 2 aromatic rings. The number of rotatable bonds is 2. The lowest BCUT2D eigenvalue weighted by Crippen LogP contribution is -2.50. The van der Waals surface area contributed by atoms with Gasteiger partial charge in [0.15, 0.2) is 5.78 Å². The number of aromatic nitrogens is 2. The van der Waals surface area contributed by atoms with Gasteiger partial charge in [-0.15, -0.1) is 0 Å². The number of benzene rings is 1. The van der Waals surface area contributed by atoms with Crippen LogP contribution in [-0.4, -0.2) is 29.2 Å². The summed E-state index contributed by atoms with van der Waals surface area (Å²) in [5.41, 5.74) is 5.53. The molecule has 3 aliphatic rings. The molecule has 1 aromatic carbocycles. The van der Waals surface area contributed by atoms with Crippen molar-refractivity contribution in [2.75, 3.05) is 13.2 Å². The minimum Gasteiger partial charge on any atom is -0.380 e. The molecular weight excluding hydrogens is 312 g/mol. The Balaban J connectivity index is 1.77. The fraction of sp³-hybridized carbons (Fsp3) is 0.429.